The van der Waals surface area contributed by atoms with Crippen LogP contribution >= 0.6 is 11.8 Å². The highest BCUT2D eigenvalue weighted by Crippen LogP contribution is 2.32. The van der Waals surface area contributed by atoms with Gasteiger partial charge >= 0.3 is 0 Å². The molecule has 0 aliphatic carbocycles. The number of thioether (sulfide) groups is 1. The van der Waals surface area contributed by atoms with Crippen LogP contribution in [0.4, 0.5) is 10.1 Å². The number of nitrogen functional groups attached to an aromatic ring is 1. The van der Waals surface area contributed by atoms with Gasteiger partial charge in [-0.25, -0.2) is 4.39 Å². The molecule has 19 heavy (non-hydrogen) atoms. The van der Waals surface area contributed by atoms with Gasteiger partial charge in [-0.2, -0.15) is 0 Å². The maximum Gasteiger partial charge on any atom is 0.123 e. The van der Waals surface area contributed by atoms with Crippen LogP contribution in [-0.4, -0.2) is 7.11 Å². The van der Waals surface area contributed by atoms with Crippen molar-refractivity contribution < 1.29 is 9.13 Å². The third-order valence-corrected chi connectivity index (χ3v) is 4.03. The molecule has 0 amide bonds. The molecule has 0 aromatic heterocycles. The van der Waals surface area contributed by atoms with Crippen LogP contribution in [0.1, 0.15) is 11.1 Å². The molecule has 4 heteroatoms. The summed E-state index contributed by atoms with van der Waals surface area (Å²) in [6.07, 6.45) is 0. The van der Waals surface area contributed by atoms with Crippen molar-refractivity contribution in [1.29, 1.82) is 0 Å². The van der Waals surface area contributed by atoms with E-state index < -0.39 is 0 Å². The lowest BCUT2D eigenvalue weighted by atomic mass is 10.2. The van der Waals surface area contributed by atoms with Crippen molar-refractivity contribution in [1.82, 2.24) is 0 Å². The normalized spacial score (nSPS) is 10.5. The van der Waals surface area contributed by atoms with E-state index >= 15 is 0 Å². The number of benzene rings is 2. The summed E-state index contributed by atoms with van der Waals surface area (Å²) >= 11 is 1.58. The number of aryl methyl sites for hydroxylation is 1. The fraction of sp³-hybridized carbons (Fsp3) is 0.200. The highest BCUT2D eigenvalue weighted by Gasteiger charge is 2.07. The smallest absolute Gasteiger partial charge is 0.123 e. The molecule has 0 saturated carbocycles. The predicted octanol–water partition coefficient (Wildman–Crippen LogP) is 4.02. The van der Waals surface area contributed by atoms with Gasteiger partial charge in [-0.15, -0.1) is 11.8 Å². The number of rotatable bonds is 4. The first-order valence-corrected chi connectivity index (χ1v) is 6.90. The zero-order valence-corrected chi connectivity index (χ0v) is 11.8. The van der Waals surface area contributed by atoms with E-state index in [-0.39, 0.29) is 5.82 Å². The van der Waals surface area contributed by atoms with E-state index in [1.807, 2.05) is 25.1 Å². The fourth-order valence-electron chi connectivity index (χ4n) is 1.80. The molecule has 0 spiro atoms. The summed E-state index contributed by atoms with van der Waals surface area (Å²) in [4.78, 5) is 1.01. The molecule has 2 aromatic carbocycles. The Balaban J connectivity index is 2.18. The van der Waals surface area contributed by atoms with Crippen LogP contribution in [0.2, 0.25) is 0 Å². The molecule has 0 bridgehead atoms. The van der Waals surface area contributed by atoms with Crippen molar-refractivity contribution in [2.24, 2.45) is 0 Å². The van der Waals surface area contributed by atoms with E-state index in [0.717, 1.165) is 21.7 Å². The van der Waals surface area contributed by atoms with Gasteiger partial charge < -0.3 is 10.5 Å². The topological polar surface area (TPSA) is 35.2 Å². The predicted molar refractivity (Wildman–Crippen MR) is 78.1 cm³/mol. The van der Waals surface area contributed by atoms with E-state index in [9.17, 15) is 4.39 Å². The summed E-state index contributed by atoms with van der Waals surface area (Å²) in [6, 6.07) is 10.5. The van der Waals surface area contributed by atoms with Gasteiger partial charge in [0, 0.05) is 21.9 Å². The first-order valence-electron chi connectivity index (χ1n) is 5.92. The van der Waals surface area contributed by atoms with Gasteiger partial charge in [-0.3, -0.25) is 0 Å². The number of hydrogen-bond donors (Lipinski definition) is 1. The van der Waals surface area contributed by atoms with Crippen molar-refractivity contribution in [3.63, 3.8) is 0 Å². The lowest BCUT2D eigenvalue weighted by Gasteiger charge is -2.10. The van der Waals surface area contributed by atoms with Crippen LogP contribution in [-0.2, 0) is 5.75 Å². The van der Waals surface area contributed by atoms with Crippen molar-refractivity contribution in [3.8, 4) is 5.75 Å². The van der Waals surface area contributed by atoms with Crippen molar-refractivity contribution in [3.05, 3.63) is 53.3 Å². The molecule has 0 saturated heterocycles. The standard InChI is InChI=1S/C15H16FNOS/c1-10-4-3-5-14(15(10)17)19-9-11-8-12(16)6-7-13(11)18-2/h3-8H,9,17H2,1-2H3. The molecular weight excluding hydrogens is 261 g/mol. The SMILES string of the molecule is COc1ccc(F)cc1CSc1cccc(C)c1N. The number of halogens is 1. The fourth-order valence-corrected chi connectivity index (χ4v) is 2.82. The third-order valence-electron chi connectivity index (χ3n) is 2.91. The summed E-state index contributed by atoms with van der Waals surface area (Å²) in [5, 5.41) is 0. The van der Waals surface area contributed by atoms with Gasteiger partial charge in [0.05, 0.1) is 7.11 Å². The number of methoxy groups -OCH3 is 1. The quantitative estimate of drug-likeness (QED) is 0.677. The Bertz CT molecular complexity index is 586. The minimum absolute atomic E-state index is 0.256. The van der Waals surface area contributed by atoms with Crippen molar-refractivity contribution >= 4 is 17.4 Å². The minimum atomic E-state index is -0.256. The van der Waals surface area contributed by atoms with E-state index in [2.05, 4.69) is 0 Å². The van der Waals surface area contributed by atoms with Crippen LogP contribution < -0.4 is 10.5 Å². The Hall–Kier alpha value is -1.68. The monoisotopic (exact) mass is 277 g/mol. The summed E-state index contributed by atoms with van der Waals surface area (Å²) in [6.45, 7) is 1.97. The molecule has 0 aliphatic rings. The molecule has 100 valence electrons. The highest BCUT2D eigenvalue weighted by molar-refractivity contribution is 7.98. The van der Waals surface area contributed by atoms with E-state index in [0.29, 0.717) is 11.5 Å². The van der Waals surface area contributed by atoms with E-state index in [1.54, 1.807) is 24.9 Å². The Kier molecular flexibility index (Phi) is 4.32. The van der Waals surface area contributed by atoms with Crippen LogP contribution in [0.5, 0.6) is 5.75 Å². The summed E-state index contributed by atoms with van der Waals surface area (Å²) in [5.74, 6) is 1.06. The van der Waals surface area contributed by atoms with Gasteiger partial charge in [0.15, 0.2) is 0 Å². The first kappa shape index (κ1) is 13.7. The van der Waals surface area contributed by atoms with Gasteiger partial charge in [0.1, 0.15) is 11.6 Å². The molecule has 0 unspecified atom stereocenters. The molecule has 2 nitrogen and oxygen atoms in total. The Labute approximate surface area is 116 Å². The molecule has 0 radical (unpaired) electrons. The van der Waals surface area contributed by atoms with Crippen LogP contribution in [0.15, 0.2) is 41.3 Å². The molecule has 2 aromatic rings. The number of hydrogen-bond acceptors (Lipinski definition) is 3. The summed E-state index contributed by atoms with van der Waals surface area (Å²) < 4.78 is 18.5. The average molecular weight is 277 g/mol. The van der Waals surface area contributed by atoms with Gasteiger partial charge in [-0.05, 0) is 36.8 Å². The zero-order valence-electron chi connectivity index (χ0n) is 10.9. The number of nitrogens with two attached hydrogens (primary N) is 1. The lowest BCUT2D eigenvalue weighted by molar-refractivity contribution is 0.410. The summed E-state index contributed by atoms with van der Waals surface area (Å²) in [5.41, 5.74) is 8.68. The first-order chi connectivity index (χ1) is 9.11. The molecular formula is C15H16FNOS. The van der Waals surface area contributed by atoms with E-state index in [4.69, 9.17) is 10.5 Å². The molecule has 0 fully saturated rings. The molecule has 2 N–H and O–H groups in total. The maximum absolute atomic E-state index is 13.3. The average Bonchev–Trinajstić information content (AvgIpc) is 2.40. The number of ether oxygens (including phenoxy) is 1. The van der Waals surface area contributed by atoms with Gasteiger partial charge in [0.25, 0.3) is 0 Å². The number of anilines is 1. The Morgan fingerprint density at radius 2 is 2.05 bits per heavy atom. The maximum atomic E-state index is 13.3. The van der Waals surface area contributed by atoms with Crippen molar-refractivity contribution in [2.45, 2.75) is 17.6 Å². The summed E-state index contributed by atoms with van der Waals surface area (Å²) in [7, 11) is 1.59. The van der Waals surface area contributed by atoms with Crippen LogP contribution in [0.25, 0.3) is 0 Å². The van der Waals surface area contributed by atoms with Crippen LogP contribution in [0.3, 0.4) is 0 Å². The number of para-hydroxylation sites is 1. The van der Waals surface area contributed by atoms with E-state index in [1.165, 1.54) is 12.1 Å². The van der Waals surface area contributed by atoms with Crippen LogP contribution in [0, 0.1) is 12.7 Å². The second-order valence-electron chi connectivity index (χ2n) is 4.23. The lowest BCUT2D eigenvalue weighted by Crippen LogP contribution is -1.94. The second-order valence-corrected chi connectivity index (χ2v) is 5.25. The minimum Gasteiger partial charge on any atom is -0.496 e. The highest BCUT2D eigenvalue weighted by atomic mass is 32.2. The molecule has 0 aliphatic heterocycles. The second kappa shape index (κ2) is 5.97. The van der Waals surface area contributed by atoms with Gasteiger partial charge in [0.2, 0.25) is 0 Å². The largest absolute Gasteiger partial charge is 0.496 e. The van der Waals surface area contributed by atoms with Crippen molar-refractivity contribution in [2.75, 3.05) is 12.8 Å². The third kappa shape index (κ3) is 3.20. The molecule has 0 heterocycles. The zero-order chi connectivity index (χ0) is 13.8. The van der Waals surface area contributed by atoms with Gasteiger partial charge in [-0.1, -0.05) is 12.1 Å². The molecule has 2 rings (SSSR count). The Morgan fingerprint density at radius 1 is 1.26 bits per heavy atom. The molecule has 0 atom stereocenters. The Morgan fingerprint density at radius 3 is 2.79 bits per heavy atom.